The summed E-state index contributed by atoms with van der Waals surface area (Å²) in [6.45, 7) is 7.81. The fourth-order valence-electron chi connectivity index (χ4n) is 3.04. The largest absolute Gasteiger partial charge is 0.466 e. The molecule has 0 spiro atoms. The fraction of sp³-hybridized carbons (Fsp3) is 0.600. The minimum Gasteiger partial charge on any atom is -0.466 e. The van der Waals surface area contributed by atoms with E-state index in [1.807, 2.05) is 27.7 Å². The van der Waals surface area contributed by atoms with Gasteiger partial charge in [0.2, 0.25) is 0 Å². The Hall–Kier alpha value is -1.75. The summed E-state index contributed by atoms with van der Waals surface area (Å²) in [6, 6.07) is 6.46. The molecule has 6 heteroatoms. The summed E-state index contributed by atoms with van der Waals surface area (Å²) in [5.41, 5.74) is 3.21. The van der Waals surface area contributed by atoms with E-state index in [1.54, 1.807) is 0 Å². The summed E-state index contributed by atoms with van der Waals surface area (Å²) in [6.07, 6.45) is 3.35. The second kappa shape index (κ2) is 9.81. The molecular weight excluding hydrogens is 354 g/mol. The summed E-state index contributed by atoms with van der Waals surface area (Å²) < 4.78 is 10.3. The molecule has 146 valence electrons. The van der Waals surface area contributed by atoms with Gasteiger partial charge in [0, 0.05) is 12.5 Å². The van der Waals surface area contributed by atoms with Gasteiger partial charge in [0.25, 0.3) is 0 Å². The van der Waals surface area contributed by atoms with E-state index in [-0.39, 0.29) is 30.5 Å². The average molecular weight is 384 g/mol. The summed E-state index contributed by atoms with van der Waals surface area (Å²) in [5.74, 6) is -0.162. The first kappa shape index (κ1) is 22.3. The molecule has 5 nitrogen and oxygen atoms in total. The maximum absolute atomic E-state index is 12.0. The number of alkyl carbamates (subject to hydrolysis) is 1. The van der Waals surface area contributed by atoms with Gasteiger partial charge in [-0.15, -0.1) is 12.4 Å². The van der Waals surface area contributed by atoms with Gasteiger partial charge in [-0.25, -0.2) is 4.79 Å². The van der Waals surface area contributed by atoms with Crippen molar-refractivity contribution in [2.24, 2.45) is 0 Å². The van der Waals surface area contributed by atoms with Crippen LogP contribution >= 0.6 is 12.4 Å². The molecule has 0 bridgehead atoms. The van der Waals surface area contributed by atoms with E-state index in [0.29, 0.717) is 19.4 Å². The Morgan fingerprint density at radius 2 is 1.96 bits per heavy atom. The lowest BCUT2D eigenvalue weighted by atomic mass is 9.86. The van der Waals surface area contributed by atoms with Crippen LogP contribution in [0, 0.1) is 0 Å². The Kier molecular flexibility index (Phi) is 8.41. The van der Waals surface area contributed by atoms with Gasteiger partial charge in [-0.1, -0.05) is 18.2 Å². The summed E-state index contributed by atoms with van der Waals surface area (Å²) in [4.78, 5) is 23.5. The molecule has 1 aliphatic rings. The van der Waals surface area contributed by atoms with Crippen LogP contribution in [0.25, 0.3) is 0 Å². The molecule has 1 aromatic carbocycles. The molecule has 1 aliphatic carbocycles. The Bertz CT molecular complexity index is 625. The highest BCUT2D eigenvalue weighted by molar-refractivity contribution is 5.85. The molecule has 1 aromatic rings. The average Bonchev–Trinajstić information content (AvgIpc) is 2.51. The van der Waals surface area contributed by atoms with Crippen LogP contribution in [0.5, 0.6) is 0 Å². The number of hydrogen-bond donors (Lipinski definition) is 1. The third-order valence-electron chi connectivity index (χ3n) is 4.14. The van der Waals surface area contributed by atoms with Crippen LogP contribution < -0.4 is 5.32 Å². The van der Waals surface area contributed by atoms with Gasteiger partial charge in [-0.05, 0) is 70.1 Å². The number of aryl methyl sites for hydroxylation is 2. The van der Waals surface area contributed by atoms with Gasteiger partial charge >= 0.3 is 12.1 Å². The first-order valence-corrected chi connectivity index (χ1v) is 9.02. The number of carbonyl (C=O) groups excluding carboxylic acids is 2. The molecule has 0 radical (unpaired) electrons. The van der Waals surface area contributed by atoms with E-state index >= 15 is 0 Å². The number of fused-ring (bicyclic) bond motifs is 1. The van der Waals surface area contributed by atoms with Gasteiger partial charge in [0.15, 0.2) is 0 Å². The van der Waals surface area contributed by atoms with Crippen molar-refractivity contribution in [1.82, 2.24) is 5.32 Å². The van der Waals surface area contributed by atoms with E-state index in [1.165, 1.54) is 11.1 Å². The molecule has 0 saturated heterocycles. The maximum atomic E-state index is 12.0. The number of nitrogens with one attached hydrogen (secondary N) is 1. The number of ether oxygens (including phenoxy) is 2. The van der Waals surface area contributed by atoms with Crippen molar-refractivity contribution < 1.29 is 19.1 Å². The molecule has 0 saturated carbocycles. The lowest BCUT2D eigenvalue weighted by Crippen LogP contribution is -2.41. The highest BCUT2D eigenvalue weighted by atomic mass is 35.5. The third-order valence-corrected chi connectivity index (χ3v) is 4.14. The quantitative estimate of drug-likeness (QED) is 0.781. The molecule has 26 heavy (non-hydrogen) atoms. The van der Waals surface area contributed by atoms with Crippen LogP contribution in [-0.2, 0) is 33.5 Å². The van der Waals surface area contributed by atoms with Gasteiger partial charge in [-0.3, -0.25) is 4.79 Å². The van der Waals surface area contributed by atoms with Crippen LogP contribution in [0.2, 0.25) is 0 Å². The zero-order valence-electron chi connectivity index (χ0n) is 16.1. The number of esters is 1. The van der Waals surface area contributed by atoms with E-state index in [2.05, 4.69) is 23.5 Å². The summed E-state index contributed by atoms with van der Waals surface area (Å²) in [5, 5.41) is 2.97. The molecule has 2 rings (SSSR count). The van der Waals surface area contributed by atoms with Crippen molar-refractivity contribution in [1.29, 1.82) is 0 Å². The third kappa shape index (κ3) is 7.24. The number of benzene rings is 1. The van der Waals surface area contributed by atoms with Crippen molar-refractivity contribution in [2.45, 2.75) is 71.4 Å². The first-order chi connectivity index (χ1) is 11.8. The number of amides is 1. The number of halogens is 1. The van der Waals surface area contributed by atoms with Crippen LogP contribution in [-0.4, -0.2) is 30.3 Å². The highest BCUT2D eigenvalue weighted by Crippen LogP contribution is 2.23. The Morgan fingerprint density at radius 3 is 2.62 bits per heavy atom. The minimum atomic E-state index is -0.489. The van der Waals surface area contributed by atoms with Crippen LogP contribution in [0.15, 0.2) is 18.2 Å². The second-order valence-electron chi connectivity index (χ2n) is 7.49. The van der Waals surface area contributed by atoms with Crippen molar-refractivity contribution in [3.63, 3.8) is 0 Å². The highest BCUT2D eigenvalue weighted by Gasteiger charge is 2.23. The number of rotatable bonds is 5. The zero-order chi connectivity index (χ0) is 18.4. The lowest BCUT2D eigenvalue weighted by Gasteiger charge is -2.27. The first-order valence-electron chi connectivity index (χ1n) is 9.02. The fourth-order valence-corrected chi connectivity index (χ4v) is 3.04. The Balaban J connectivity index is 0.00000338. The summed E-state index contributed by atoms with van der Waals surface area (Å²) in [7, 11) is 0. The number of hydrogen-bond acceptors (Lipinski definition) is 4. The van der Waals surface area contributed by atoms with Gasteiger partial charge in [-0.2, -0.15) is 0 Å². The molecule has 0 unspecified atom stereocenters. The van der Waals surface area contributed by atoms with E-state index in [4.69, 9.17) is 9.47 Å². The topological polar surface area (TPSA) is 64.6 Å². The monoisotopic (exact) mass is 383 g/mol. The minimum absolute atomic E-state index is 0. The van der Waals surface area contributed by atoms with Crippen molar-refractivity contribution in [3.8, 4) is 0 Å². The lowest BCUT2D eigenvalue weighted by molar-refractivity contribution is -0.143. The predicted molar refractivity (Wildman–Crippen MR) is 104 cm³/mol. The zero-order valence-corrected chi connectivity index (χ0v) is 16.9. The van der Waals surface area contributed by atoms with Gasteiger partial charge in [0.1, 0.15) is 5.60 Å². The van der Waals surface area contributed by atoms with Crippen LogP contribution in [0.1, 0.15) is 57.2 Å². The molecule has 0 heterocycles. The van der Waals surface area contributed by atoms with E-state index < -0.39 is 5.60 Å². The molecule has 0 aliphatic heterocycles. The molecule has 1 amide bonds. The van der Waals surface area contributed by atoms with Crippen LogP contribution in [0.4, 0.5) is 4.79 Å². The molecule has 0 aromatic heterocycles. The SMILES string of the molecule is CCOC(=O)CCc1ccc2c(c1)C[C@H](NC(=O)OC(C)(C)C)CC2.Cl. The molecule has 0 fully saturated rings. The molecule has 1 atom stereocenters. The second-order valence-corrected chi connectivity index (χ2v) is 7.49. The summed E-state index contributed by atoms with van der Waals surface area (Å²) >= 11 is 0. The van der Waals surface area contributed by atoms with Gasteiger partial charge < -0.3 is 14.8 Å². The predicted octanol–water partition coefficient (Wildman–Crippen LogP) is 3.99. The van der Waals surface area contributed by atoms with E-state index in [9.17, 15) is 9.59 Å². The molecule has 1 N–H and O–H groups in total. The van der Waals surface area contributed by atoms with Gasteiger partial charge in [0.05, 0.1) is 6.61 Å². The smallest absolute Gasteiger partial charge is 0.407 e. The standard InChI is InChI=1S/C20H29NO4.ClH/c1-5-24-18(22)11-7-14-6-8-15-9-10-17(13-16(15)12-14)21-19(23)25-20(2,3)4;/h6,8,12,17H,5,7,9-11,13H2,1-4H3,(H,21,23);1H/t17-;/m1./s1. The Labute approximate surface area is 162 Å². The van der Waals surface area contributed by atoms with E-state index in [0.717, 1.165) is 24.8 Å². The Morgan fingerprint density at radius 1 is 1.23 bits per heavy atom. The van der Waals surface area contributed by atoms with Crippen molar-refractivity contribution in [2.75, 3.05) is 6.61 Å². The maximum Gasteiger partial charge on any atom is 0.407 e. The van der Waals surface area contributed by atoms with Crippen molar-refractivity contribution >= 4 is 24.5 Å². The van der Waals surface area contributed by atoms with Crippen molar-refractivity contribution in [3.05, 3.63) is 34.9 Å². The number of carbonyl (C=O) groups is 2. The normalized spacial score (nSPS) is 16.1. The van der Waals surface area contributed by atoms with Crippen LogP contribution in [0.3, 0.4) is 0 Å². The molecular formula is C20H30ClNO4.